The van der Waals surface area contributed by atoms with E-state index in [1.807, 2.05) is 0 Å². The summed E-state index contributed by atoms with van der Waals surface area (Å²) in [6.07, 6.45) is 3.37. The van der Waals surface area contributed by atoms with Gasteiger partial charge in [0.25, 0.3) is 0 Å². The second-order valence-corrected chi connectivity index (χ2v) is 6.30. The fraction of sp³-hybridized carbons (Fsp3) is 0.222. The van der Waals surface area contributed by atoms with Crippen molar-refractivity contribution in [2.45, 2.75) is 27.2 Å². The average molecular weight is 313 g/mol. The van der Waals surface area contributed by atoms with E-state index in [9.17, 15) is 0 Å². The minimum Gasteiger partial charge on any atom is -0.0683 e. The van der Waals surface area contributed by atoms with Crippen molar-refractivity contribution in [2.24, 2.45) is 0 Å². The minimum absolute atomic E-state index is 1.07. The second-order valence-electron chi connectivity index (χ2n) is 5.44. The maximum atomic E-state index is 3.73. The van der Waals surface area contributed by atoms with Crippen LogP contribution in [0.4, 0.5) is 0 Å². The summed E-state index contributed by atoms with van der Waals surface area (Å²) in [4.78, 5) is 0. The molecule has 3 rings (SSSR count). The van der Waals surface area contributed by atoms with Crippen molar-refractivity contribution < 1.29 is 0 Å². The minimum atomic E-state index is 1.07. The molecule has 0 aromatic heterocycles. The van der Waals surface area contributed by atoms with E-state index in [4.69, 9.17) is 0 Å². The maximum absolute atomic E-state index is 3.73. The van der Waals surface area contributed by atoms with Crippen LogP contribution in [0.3, 0.4) is 0 Å². The second kappa shape index (κ2) is 4.64. The molecule has 0 aliphatic heterocycles. The topological polar surface area (TPSA) is 0 Å². The Kier molecular flexibility index (Phi) is 3.10. The molecule has 19 heavy (non-hydrogen) atoms. The van der Waals surface area contributed by atoms with Crippen LogP contribution in [0, 0.1) is 13.8 Å². The van der Waals surface area contributed by atoms with E-state index >= 15 is 0 Å². The summed E-state index contributed by atoms with van der Waals surface area (Å²) in [5.74, 6) is 0. The van der Waals surface area contributed by atoms with Gasteiger partial charge in [0.2, 0.25) is 0 Å². The lowest BCUT2D eigenvalue weighted by molar-refractivity contribution is 1.18. The lowest BCUT2D eigenvalue weighted by Crippen LogP contribution is -1.91. The standard InChI is InChI=1S/C18H17Br/c1-11-7-14-9-15(10-18(19)17(14)8-11)16-6-4-5-12(2)13(16)3/h4-7,9-10H,8H2,1-3H3. The molecule has 0 spiro atoms. The van der Waals surface area contributed by atoms with E-state index in [2.05, 4.69) is 73.1 Å². The van der Waals surface area contributed by atoms with Gasteiger partial charge in [-0.2, -0.15) is 0 Å². The Hall–Kier alpha value is -1.34. The van der Waals surface area contributed by atoms with Gasteiger partial charge in [-0.1, -0.05) is 45.8 Å². The van der Waals surface area contributed by atoms with Crippen LogP contribution in [0.2, 0.25) is 0 Å². The molecule has 0 unspecified atom stereocenters. The van der Waals surface area contributed by atoms with Crippen molar-refractivity contribution >= 4 is 22.0 Å². The number of hydrogen-bond acceptors (Lipinski definition) is 0. The van der Waals surface area contributed by atoms with Crippen molar-refractivity contribution in [3.05, 3.63) is 62.6 Å². The van der Waals surface area contributed by atoms with Crippen molar-refractivity contribution in [3.63, 3.8) is 0 Å². The van der Waals surface area contributed by atoms with Crippen LogP contribution < -0.4 is 0 Å². The third kappa shape index (κ3) is 2.17. The van der Waals surface area contributed by atoms with Crippen LogP contribution in [0.1, 0.15) is 29.2 Å². The van der Waals surface area contributed by atoms with Crippen LogP contribution in [-0.2, 0) is 6.42 Å². The molecule has 2 aromatic carbocycles. The summed E-state index contributed by atoms with van der Waals surface area (Å²) in [5.41, 5.74) is 9.58. The molecule has 0 atom stereocenters. The summed E-state index contributed by atoms with van der Waals surface area (Å²) < 4.78 is 1.23. The smallest absolute Gasteiger partial charge is 0.0222 e. The first-order valence-corrected chi connectivity index (χ1v) is 7.42. The molecule has 0 amide bonds. The molecule has 0 nitrogen and oxygen atoms in total. The molecule has 96 valence electrons. The predicted octanol–water partition coefficient (Wildman–Crippen LogP) is 5.69. The number of fused-ring (bicyclic) bond motifs is 1. The summed E-state index contributed by atoms with van der Waals surface area (Å²) in [6.45, 7) is 6.57. The molecule has 0 saturated heterocycles. The van der Waals surface area contributed by atoms with Crippen LogP contribution >= 0.6 is 15.9 Å². The Bertz CT molecular complexity index is 693. The highest BCUT2D eigenvalue weighted by Gasteiger charge is 2.15. The molecule has 0 heterocycles. The van der Waals surface area contributed by atoms with Crippen LogP contribution in [0.5, 0.6) is 0 Å². The molecule has 1 heteroatoms. The molecule has 1 aliphatic carbocycles. The molecule has 0 bridgehead atoms. The Morgan fingerprint density at radius 1 is 1.05 bits per heavy atom. The molecule has 0 N–H and O–H groups in total. The average Bonchev–Trinajstić information content (AvgIpc) is 2.74. The van der Waals surface area contributed by atoms with E-state index in [1.165, 1.54) is 43.4 Å². The number of aryl methyl sites for hydroxylation is 1. The van der Waals surface area contributed by atoms with Gasteiger partial charge < -0.3 is 0 Å². The van der Waals surface area contributed by atoms with Crippen LogP contribution in [0.15, 0.2) is 40.4 Å². The Balaban J connectivity index is 2.20. The quantitative estimate of drug-likeness (QED) is 0.634. The Labute approximate surface area is 123 Å². The van der Waals surface area contributed by atoms with Crippen molar-refractivity contribution in [1.82, 2.24) is 0 Å². The largest absolute Gasteiger partial charge is 0.0683 e. The SMILES string of the molecule is CC1=Cc2cc(-c3cccc(C)c3C)cc(Br)c2C1. The molecule has 0 fully saturated rings. The number of hydrogen-bond donors (Lipinski definition) is 0. The lowest BCUT2D eigenvalue weighted by Gasteiger charge is -2.12. The van der Waals surface area contributed by atoms with E-state index in [0.717, 1.165) is 6.42 Å². The van der Waals surface area contributed by atoms with Crippen molar-refractivity contribution in [1.29, 1.82) is 0 Å². The Morgan fingerprint density at radius 3 is 2.63 bits per heavy atom. The number of rotatable bonds is 1. The summed E-state index contributed by atoms with van der Waals surface area (Å²) in [5, 5.41) is 0. The van der Waals surface area contributed by atoms with Gasteiger partial charge in [0.15, 0.2) is 0 Å². The van der Waals surface area contributed by atoms with E-state index in [1.54, 1.807) is 0 Å². The van der Waals surface area contributed by atoms with E-state index < -0.39 is 0 Å². The van der Waals surface area contributed by atoms with Gasteiger partial charge in [-0.3, -0.25) is 0 Å². The highest BCUT2D eigenvalue weighted by Crippen LogP contribution is 2.36. The van der Waals surface area contributed by atoms with Crippen molar-refractivity contribution in [2.75, 3.05) is 0 Å². The molecule has 0 radical (unpaired) electrons. The summed E-state index contributed by atoms with van der Waals surface area (Å²) >= 11 is 3.73. The summed E-state index contributed by atoms with van der Waals surface area (Å²) in [7, 11) is 0. The van der Waals surface area contributed by atoms with Crippen LogP contribution in [-0.4, -0.2) is 0 Å². The van der Waals surface area contributed by atoms with Crippen molar-refractivity contribution in [3.8, 4) is 11.1 Å². The fourth-order valence-corrected chi connectivity index (χ4v) is 3.40. The molecule has 1 aliphatic rings. The first-order chi connectivity index (χ1) is 9.06. The normalized spacial score (nSPS) is 13.4. The van der Waals surface area contributed by atoms with Gasteiger partial charge in [0.05, 0.1) is 0 Å². The highest BCUT2D eigenvalue weighted by molar-refractivity contribution is 9.10. The Morgan fingerprint density at radius 2 is 1.84 bits per heavy atom. The molecule has 0 saturated carbocycles. The molecule has 2 aromatic rings. The zero-order valence-corrected chi connectivity index (χ0v) is 13.1. The fourth-order valence-electron chi connectivity index (χ4n) is 2.79. The van der Waals surface area contributed by atoms with Crippen LogP contribution in [0.25, 0.3) is 17.2 Å². The lowest BCUT2D eigenvalue weighted by atomic mass is 9.95. The highest BCUT2D eigenvalue weighted by atomic mass is 79.9. The van der Waals surface area contributed by atoms with Gasteiger partial charge in [-0.15, -0.1) is 0 Å². The first kappa shape index (κ1) is 12.7. The van der Waals surface area contributed by atoms with Gasteiger partial charge in [-0.05, 0) is 72.7 Å². The monoisotopic (exact) mass is 312 g/mol. The third-order valence-corrected chi connectivity index (χ3v) is 4.71. The van der Waals surface area contributed by atoms with Gasteiger partial charge >= 0.3 is 0 Å². The number of halogens is 1. The first-order valence-electron chi connectivity index (χ1n) is 6.62. The van der Waals surface area contributed by atoms with Gasteiger partial charge in [-0.25, -0.2) is 0 Å². The van der Waals surface area contributed by atoms with E-state index in [0.29, 0.717) is 0 Å². The summed E-state index contributed by atoms with van der Waals surface area (Å²) in [6, 6.07) is 11.1. The zero-order valence-electron chi connectivity index (χ0n) is 11.5. The third-order valence-electron chi connectivity index (χ3n) is 4.00. The molecular weight excluding hydrogens is 296 g/mol. The predicted molar refractivity (Wildman–Crippen MR) is 86.4 cm³/mol. The molecular formula is C18H17Br. The number of allylic oxidation sites excluding steroid dienone is 1. The van der Waals surface area contributed by atoms with E-state index in [-0.39, 0.29) is 0 Å². The zero-order chi connectivity index (χ0) is 13.6. The number of benzene rings is 2. The maximum Gasteiger partial charge on any atom is 0.0222 e. The van der Waals surface area contributed by atoms with Gasteiger partial charge in [0.1, 0.15) is 0 Å². The van der Waals surface area contributed by atoms with Gasteiger partial charge in [0, 0.05) is 4.47 Å².